The molecule has 0 saturated carbocycles. The molecule has 0 saturated heterocycles. The van der Waals surface area contributed by atoms with Crippen LogP contribution in [0, 0.1) is 0 Å². The van der Waals surface area contributed by atoms with Gasteiger partial charge in [0.1, 0.15) is 11.9 Å². The minimum absolute atomic E-state index is 0. The maximum Gasteiger partial charge on any atom is 0.257 e. The highest BCUT2D eigenvalue weighted by atomic mass is 35.5. The molecule has 0 aromatic heterocycles. The van der Waals surface area contributed by atoms with Crippen LogP contribution in [0.15, 0.2) is 47.4 Å². The molecule has 1 heterocycles. The van der Waals surface area contributed by atoms with Crippen LogP contribution in [0.25, 0.3) is 0 Å². The first-order chi connectivity index (χ1) is 12.9. The third-order valence-corrected chi connectivity index (χ3v) is 6.09. The average Bonchev–Trinajstić information content (AvgIpc) is 2.75. The van der Waals surface area contributed by atoms with Crippen LogP contribution in [-0.4, -0.2) is 56.3 Å². The first-order valence-electron chi connectivity index (χ1n) is 8.65. The van der Waals surface area contributed by atoms with E-state index in [4.69, 9.17) is 16.3 Å². The van der Waals surface area contributed by atoms with Gasteiger partial charge in [-0.15, -0.1) is 24.2 Å². The van der Waals surface area contributed by atoms with Gasteiger partial charge in [0.05, 0.1) is 18.0 Å². The van der Waals surface area contributed by atoms with Gasteiger partial charge in [0.15, 0.2) is 0 Å². The van der Waals surface area contributed by atoms with Crippen LogP contribution in [0.3, 0.4) is 0 Å². The van der Waals surface area contributed by atoms with Gasteiger partial charge < -0.3 is 19.6 Å². The van der Waals surface area contributed by atoms with Crippen molar-refractivity contribution in [2.24, 2.45) is 0 Å². The molecule has 0 radical (unpaired) electrons. The number of aliphatic hydroxyl groups is 1. The van der Waals surface area contributed by atoms with Crippen LogP contribution in [0.4, 0.5) is 5.69 Å². The number of halogens is 2. The highest BCUT2D eigenvalue weighted by Crippen LogP contribution is 2.46. The zero-order chi connectivity index (χ0) is 19.6. The van der Waals surface area contributed by atoms with E-state index in [0.717, 1.165) is 21.9 Å². The zero-order valence-corrected chi connectivity index (χ0v) is 18.4. The number of anilines is 1. The van der Waals surface area contributed by atoms with Gasteiger partial charge >= 0.3 is 0 Å². The summed E-state index contributed by atoms with van der Waals surface area (Å²) in [5.41, 5.74) is 1.65. The highest BCUT2D eigenvalue weighted by molar-refractivity contribution is 7.99. The Bertz CT molecular complexity index is 818. The molecule has 0 unspecified atom stereocenters. The van der Waals surface area contributed by atoms with Crippen molar-refractivity contribution in [1.29, 1.82) is 0 Å². The van der Waals surface area contributed by atoms with Crippen molar-refractivity contribution < 1.29 is 14.6 Å². The summed E-state index contributed by atoms with van der Waals surface area (Å²) in [6.45, 7) is 1.19. The van der Waals surface area contributed by atoms with E-state index >= 15 is 0 Å². The first-order valence-corrected chi connectivity index (χ1v) is 9.91. The maximum atomic E-state index is 13.1. The Morgan fingerprint density at radius 3 is 2.50 bits per heavy atom. The number of ether oxygens (including phenoxy) is 1. The molecule has 2 aromatic rings. The topological polar surface area (TPSA) is 53.0 Å². The smallest absolute Gasteiger partial charge is 0.257 e. The van der Waals surface area contributed by atoms with Gasteiger partial charge in [0.25, 0.3) is 5.91 Å². The largest absolute Gasteiger partial charge is 0.497 e. The fourth-order valence-corrected chi connectivity index (χ4v) is 4.53. The number of carbonyl (C=O) groups is 1. The number of fused-ring (bicyclic) bond motifs is 1. The van der Waals surface area contributed by atoms with Gasteiger partial charge in [-0.3, -0.25) is 4.79 Å². The molecular weight excluding hydrogens is 419 g/mol. The number of aliphatic hydroxyl groups excluding tert-OH is 1. The molecule has 152 valence electrons. The number of carbonyl (C=O) groups excluding carboxylic acids is 1. The molecule has 0 spiro atoms. The standard InChI is InChI=1S/C20H23ClN2O3S.ClH/c1-22(2)10-11-23-16-9-6-14(21)12-17(16)27-19(18(24)20(23)25)13-4-7-15(26-3)8-5-13;/h4-9,12,18-19,24H,10-11H2,1-3H3;1H/t18-,19+;/m0./s1. The second kappa shape index (κ2) is 9.85. The summed E-state index contributed by atoms with van der Waals surface area (Å²) >= 11 is 7.66. The van der Waals surface area contributed by atoms with Gasteiger partial charge in [-0.25, -0.2) is 0 Å². The fraction of sp³-hybridized carbons (Fsp3) is 0.350. The summed E-state index contributed by atoms with van der Waals surface area (Å²) in [5, 5.41) is 11.1. The Morgan fingerprint density at radius 2 is 1.89 bits per heavy atom. The Morgan fingerprint density at radius 1 is 1.21 bits per heavy atom. The molecule has 0 fully saturated rings. The fourth-order valence-electron chi connectivity index (χ4n) is 2.99. The monoisotopic (exact) mass is 442 g/mol. The minimum atomic E-state index is -1.16. The predicted molar refractivity (Wildman–Crippen MR) is 117 cm³/mol. The quantitative estimate of drug-likeness (QED) is 0.761. The number of benzene rings is 2. The van der Waals surface area contributed by atoms with E-state index in [2.05, 4.69) is 0 Å². The summed E-state index contributed by atoms with van der Waals surface area (Å²) in [7, 11) is 5.52. The molecule has 1 N–H and O–H groups in total. The van der Waals surface area contributed by atoms with Crippen molar-refractivity contribution in [1.82, 2.24) is 4.90 Å². The summed E-state index contributed by atoms with van der Waals surface area (Å²) < 4.78 is 5.21. The van der Waals surface area contributed by atoms with E-state index in [0.29, 0.717) is 18.1 Å². The molecule has 0 bridgehead atoms. The number of thioether (sulfide) groups is 1. The van der Waals surface area contributed by atoms with E-state index in [1.807, 2.05) is 55.4 Å². The molecular formula is C20H24Cl2N2O3S. The van der Waals surface area contributed by atoms with Crippen molar-refractivity contribution in [2.45, 2.75) is 16.2 Å². The van der Waals surface area contributed by atoms with Gasteiger partial charge in [-0.2, -0.15) is 0 Å². The van der Waals surface area contributed by atoms with Crippen molar-refractivity contribution in [2.75, 3.05) is 39.2 Å². The molecule has 1 amide bonds. The second-order valence-corrected chi connectivity index (χ2v) is 8.28. The van der Waals surface area contributed by atoms with Crippen LogP contribution >= 0.6 is 35.8 Å². The highest BCUT2D eigenvalue weighted by Gasteiger charge is 2.37. The molecule has 3 rings (SSSR count). The van der Waals surface area contributed by atoms with Gasteiger partial charge in [0, 0.05) is 23.0 Å². The predicted octanol–water partition coefficient (Wildman–Crippen LogP) is 3.87. The van der Waals surface area contributed by atoms with Crippen LogP contribution in [0.2, 0.25) is 5.02 Å². The van der Waals surface area contributed by atoms with Crippen molar-refractivity contribution >= 4 is 47.4 Å². The zero-order valence-electron chi connectivity index (χ0n) is 16.0. The van der Waals surface area contributed by atoms with E-state index in [9.17, 15) is 9.90 Å². The SMILES string of the molecule is COc1ccc([C@H]2Sc3cc(Cl)ccc3N(CCN(C)C)C(=O)[C@H]2O)cc1.Cl. The van der Waals surface area contributed by atoms with Crippen LogP contribution in [0.1, 0.15) is 10.8 Å². The van der Waals surface area contributed by atoms with Crippen LogP contribution < -0.4 is 9.64 Å². The maximum absolute atomic E-state index is 13.1. The summed E-state index contributed by atoms with van der Waals surface area (Å²) in [6.07, 6.45) is -1.16. The Hall–Kier alpha value is -1.44. The lowest BCUT2D eigenvalue weighted by molar-refractivity contribution is -0.126. The molecule has 28 heavy (non-hydrogen) atoms. The molecule has 1 aliphatic rings. The number of hydrogen-bond donors (Lipinski definition) is 1. The normalized spacial score (nSPS) is 19.1. The number of amides is 1. The number of nitrogens with zero attached hydrogens (tertiary/aromatic N) is 2. The van der Waals surface area contributed by atoms with Gasteiger partial charge in [0.2, 0.25) is 0 Å². The number of rotatable bonds is 5. The summed E-state index contributed by atoms with van der Waals surface area (Å²) in [5.74, 6) is 0.431. The number of methoxy groups -OCH3 is 1. The van der Waals surface area contributed by atoms with Crippen molar-refractivity contribution in [3.05, 3.63) is 53.1 Å². The Balaban J connectivity index is 0.00000280. The average molecular weight is 443 g/mol. The summed E-state index contributed by atoms with van der Waals surface area (Å²) in [6, 6.07) is 12.9. The molecule has 2 atom stereocenters. The number of hydrogen-bond acceptors (Lipinski definition) is 5. The molecule has 8 heteroatoms. The van der Waals surface area contributed by atoms with Crippen molar-refractivity contribution in [3.8, 4) is 5.75 Å². The number of likely N-dealkylation sites (N-methyl/N-ethyl adjacent to an activating group) is 1. The van der Waals surface area contributed by atoms with E-state index in [1.165, 1.54) is 11.8 Å². The lowest BCUT2D eigenvalue weighted by Gasteiger charge is -2.26. The lowest BCUT2D eigenvalue weighted by Crippen LogP contribution is -2.43. The Kier molecular flexibility index (Phi) is 8.04. The molecule has 5 nitrogen and oxygen atoms in total. The van der Waals surface area contributed by atoms with Gasteiger partial charge in [-0.05, 0) is 50.0 Å². The van der Waals surface area contributed by atoms with E-state index in [-0.39, 0.29) is 18.3 Å². The molecule has 0 aliphatic carbocycles. The third-order valence-electron chi connectivity index (χ3n) is 4.49. The first kappa shape index (κ1) is 22.8. The summed E-state index contributed by atoms with van der Waals surface area (Å²) in [4.78, 5) is 17.6. The van der Waals surface area contributed by atoms with Crippen LogP contribution in [0.5, 0.6) is 5.75 Å². The van der Waals surface area contributed by atoms with Crippen LogP contribution in [-0.2, 0) is 4.79 Å². The van der Waals surface area contributed by atoms with E-state index in [1.54, 1.807) is 18.1 Å². The van der Waals surface area contributed by atoms with Gasteiger partial charge in [-0.1, -0.05) is 23.7 Å². The molecule has 1 aliphatic heterocycles. The van der Waals surface area contributed by atoms with E-state index < -0.39 is 11.4 Å². The van der Waals surface area contributed by atoms with Crippen molar-refractivity contribution in [3.63, 3.8) is 0 Å². The minimum Gasteiger partial charge on any atom is -0.497 e. The third kappa shape index (κ3) is 4.93. The molecule has 2 aromatic carbocycles. The Labute approximate surface area is 181 Å². The lowest BCUT2D eigenvalue weighted by atomic mass is 10.1. The second-order valence-electron chi connectivity index (χ2n) is 6.66.